The molecule has 1 aliphatic rings. The van der Waals surface area contributed by atoms with Crippen molar-refractivity contribution in [3.63, 3.8) is 0 Å². The number of carbonyl (C=O) groups is 2. The smallest absolute Gasteiger partial charge is 0.327 e. The van der Waals surface area contributed by atoms with E-state index in [2.05, 4.69) is 15.9 Å². The van der Waals surface area contributed by atoms with Crippen LogP contribution in [0, 0.1) is 5.92 Å². The van der Waals surface area contributed by atoms with Crippen LogP contribution in [0.2, 0.25) is 0 Å². The second kappa shape index (κ2) is 6.93. The lowest BCUT2D eigenvalue weighted by atomic mass is 10.0. The third-order valence-electron chi connectivity index (χ3n) is 3.13. The number of thioether (sulfide) groups is 1. The Morgan fingerprint density at radius 3 is 2.68 bits per heavy atom. The lowest BCUT2D eigenvalue weighted by Crippen LogP contribution is -2.47. The summed E-state index contributed by atoms with van der Waals surface area (Å²) in [7, 11) is 0. The molecule has 1 amide bonds. The van der Waals surface area contributed by atoms with Gasteiger partial charge in [0, 0.05) is 4.47 Å². The van der Waals surface area contributed by atoms with Crippen molar-refractivity contribution in [1.29, 1.82) is 0 Å². The molecular formula is C15H14BrNO3S2. The fourth-order valence-electron chi connectivity index (χ4n) is 2.16. The molecule has 22 heavy (non-hydrogen) atoms. The molecule has 1 heterocycles. The molecule has 1 saturated heterocycles. The summed E-state index contributed by atoms with van der Waals surface area (Å²) in [5.41, 5.74) is 0.853. The van der Waals surface area contributed by atoms with Gasteiger partial charge in [-0.25, -0.2) is 4.79 Å². The summed E-state index contributed by atoms with van der Waals surface area (Å²) in [6.45, 7) is 3.52. The maximum absolute atomic E-state index is 12.5. The molecule has 0 aliphatic carbocycles. The average Bonchev–Trinajstić information content (AvgIpc) is 2.66. The third-order valence-corrected chi connectivity index (χ3v) is 4.96. The highest BCUT2D eigenvalue weighted by Gasteiger charge is 2.41. The van der Waals surface area contributed by atoms with Gasteiger partial charge in [0.25, 0.3) is 5.91 Å². The van der Waals surface area contributed by atoms with E-state index in [9.17, 15) is 14.7 Å². The van der Waals surface area contributed by atoms with E-state index >= 15 is 0 Å². The first-order valence-electron chi connectivity index (χ1n) is 6.56. The number of thiocarbonyl (C=S) groups is 1. The largest absolute Gasteiger partial charge is 0.480 e. The number of carbonyl (C=O) groups excluding carboxylic acids is 1. The number of halogens is 1. The molecule has 1 N–H and O–H groups in total. The van der Waals surface area contributed by atoms with Crippen LogP contribution in [0.3, 0.4) is 0 Å². The van der Waals surface area contributed by atoms with E-state index in [1.54, 1.807) is 19.9 Å². The van der Waals surface area contributed by atoms with Crippen LogP contribution in [0.15, 0.2) is 33.6 Å². The van der Waals surface area contributed by atoms with Crippen molar-refractivity contribution in [1.82, 2.24) is 4.90 Å². The van der Waals surface area contributed by atoms with Gasteiger partial charge in [-0.05, 0) is 29.7 Å². The van der Waals surface area contributed by atoms with E-state index in [-0.39, 0.29) is 16.1 Å². The van der Waals surface area contributed by atoms with Crippen LogP contribution in [0.25, 0.3) is 6.08 Å². The molecule has 4 nitrogen and oxygen atoms in total. The van der Waals surface area contributed by atoms with Gasteiger partial charge in [-0.2, -0.15) is 0 Å². The van der Waals surface area contributed by atoms with Crippen molar-refractivity contribution < 1.29 is 14.7 Å². The molecular weight excluding hydrogens is 386 g/mol. The summed E-state index contributed by atoms with van der Waals surface area (Å²) in [6, 6.07) is 6.56. The predicted molar refractivity (Wildman–Crippen MR) is 95.4 cm³/mol. The maximum Gasteiger partial charge on any atom is 0.327 e. The van der Waals surface area contributed by atoms with Crippen molar-refractivity contribution in [2.45, 2.75) is 19.9 Å². The zero-order chi connectivity index (χ0) is 16.4. The molecule has 1 aromatic rings. The zero-order valence-electron chi connectivity index (χ0n) is 11.9. The highest BCUT2D eigenvalue weighted by molar-refractivity contribution is 9.10. The fraction of sp³-hybridized carbons (Fsp3) is 0.267. The van der Waals surface area contributed by atoms with Crippen LogP contribution in [-0.4, -0.2) is 32.2 Å². The van der Waals surface area contributed by atoms with E-state index in [1.165, 1.54) is 4.90 Å². The van der Waals surface area contributed by atoms with Gasteiger partial charge >= 0.3 is 5.97 Å². The first-order valence-corrected chi connectivity index (χ1v) is 8.58. The van der Waals surface area contributed by atoms with Gasteiger partial charge < -0.3 is 5.11 Å². The van der Waals surface area contributed by atoms with Crippen LogP contribution >= 0.6 is 39.9 Å². The van der Waals surface area contributed by atoms with Gasteiger partial charge in [-0.15, -0.1) is 0 Å². The molecule has 0 aromatic heterocycles. The fourth-order valence-corrected chi connectivity index (χ4v) is 3.91. The number of benzene rings is 1. The molecule has 0 spiro atoms. The number of rotatable bonds is 4. The van der Waals surface area contributed by atoms with Crippen molar-refractivity contribution in [2.75, 3.05) is 0 Å². The van der Waals surface area contributed by atoms with Crippen molar-refractivity contribution in [2.24, 2.45) is 5.92 Å². The van der Waals surface area contributed by atoms with E-state index in [0.717, 1.165) is 21.8 Å². The zero-order valence-corrected chi connectivity index (χ0v) is 15.2. The van der Waals surface area contributed by atoms with Crippen molar-refractivity contribution in [3.05, 3.63) is 39.2 Å². The predicted octanol–water partition coefficient (Wildman–Crippen LogP) is 3.76. The molecule has 0 radical (unpaired) electrons. The number of carboxylic acids is 1. The first kappa shape index (κ1) is 17.2. The van der Waals surface area contributed by atoms with Gasteiger partial charge in [0.05, 0.1) is 4.91 Å². The minimum absolute atomic E-state index is 0.231. The van der Waals surface area contributed by atoms with Crippen molar-refractivity contribution in [3.8, 4) is 0 Å². The second-order valence-corrected chi connectivity index (χ2v) is 7.73. The lowest BCUT2D eigenvalue weighted by molar-refractivity contribution is -0.146. The molecule has 7 heteroatoms. The summed E-state index contributed by atoms with van der Waals surface area (Å²) in [4.78, 5) is 25.6. The van der Waals surface area contributed by atoms with Crippen molar-refractivity contribution >= 4 is 62.2 Å². The Balaban J connectivity index is 2.34. The molecule has 0 bridgehead atoms. The monoisotopic (exact) mass is 399 g/mol. The Kier molecular flexibility index (Phi) is 5.41. The van der Waals surface area contributed by atoms with Crippen LogP contribution in [-0.2, 0) is 9.59 Å². The van der Waals surface area contributed by atoms with Gasteiger partial charge in [0.15, 0.2) is 0 Å². The summed E-state index contributed by atoms with van der Waals surface area (Å²) in [6.07, 6.45) is 1.73. The minimum atomic E-state index is -1.05. The second-order valence-electron chi connectivity index (χ2n) is 5.13. The van der Waals surface area contributed by atoms with E-state index < -0.39 is 12.0 Å². The topological polar surface area (TPSA) is 57.6 Å². The van der Waals surface area contributed by atoms with Crippen LogP contribution < -0.4 is 0 Å². The Labute approximate surface area is 146 Å². The maximum atomic E-state index is 12.5. The van der Waals surface area contributed by atoms with Gasteiger partial charge in [0.2, 0.25) is 0 Å². The van der Waals surface area contributed by atoms with E-state index in [0.29, 0.717) is 4.91 Å². The lowest BCUT2D eigenvalue weighted by Gasteiger charge is -2.26. The standard InChI is InChI=1S/C15H14BrNO3S2/c1-8(2)12(14(19)20)17-13(18)11(22-15(17)21)7-9-4-3-5-10(16)6-9/h3-8,12H,1-2H3,(H,19,20). The molecule has 1 fully saturated rings. The SMILES string of the molecule is CC(C)C(C(=O)O)N1C(=O)C(=Cc2cccc(Br)c2)SC1=S. The Bertz CT molecular complexity index is 673. The minimum Gasteiger partial charge on any atom is -0.480 e. The van der Waals surface area contributed by atoms with Crippen LogP contribution in [0.4, 0.5) is 0 Å². The molecule has 2 rings (SSSR count). The molecule has 1 unspecified atom stereocenters. The normalized spacial score (nSPS) is 18.4. The number of amides is 1. The molecule has 1 aliphatic heterocycles. The Morgan fingerprint density at radius 2 is 2.14 bits per heavy atom. The molecule has 116 valence electrons. The van der Waals surface area contributed by atoms with Gasteiger partial charge in [0.1, 0.15) is 10.4 Å². The Hall–Kier alpha value is -1.18. The first-order chi connectivity index (χ1) is 10.3. The highest BCUT2D eigenvalue weighted by atomic mass is 79.9. The summed E-state index contributed by atoms with van der Waals surface area (Å²) in [5.74, 6) is -1.63. The number of hydrogen-bond donors (Lipinski definition) is 1. The molecule has 0 saturated carbocycles. The third kappa shape index (κ3) is 3.59. The van der Waals surface area contributed by atoms with Gasteiger partial charge in [-0.1, -0.05) is 65.9 Å². The van der Waals surface area contributed by atoms with Crippen LogP contribution in [0.5, 0.6) is 0 Å². The number of aliphatic carboxylic acids is 1. The van der Waals surface area contributed by atoms with E-state index in [1.807, 2.05) is 24.3 Å². The number of carboxylic acid groups (broad SMARTS) is 1. The average molecular weight is 400 g/mol. The molecule has 1 atom stereocenters. The van der Waals surface area contributed by atoms with Gasteiger partial charge in [-0.3, -0.25) is 9.69 Å². The van der Waals surface area contributed by atoms with E-state index in [4.69, 9.17) is 12.2 Å². The quantitative estimate of drug-likeness (QED) is 0.616. The summed E-state index contributed by atoms with van der Waals surface area (Å²) < 4.78 is 1.19. The summed E-state index contributed by atoms with van der Waals surface area (Å²) in [5, 5.41) is 9.36. The van der Waals surface area contributed by atoms with Crippen LogP contribution in [0.1, 0.15) is 19.4 Å². The highest BCUT2D eigenvalue weighted by Crippen LogP contribution is 2.35. The Morgan fingerprint density at radius 1 is 1.45 bits per heavy atom. The summed E-state index contributed by atoms with van der Waals surface area (Å²) >= 11 is 9.72. The number of hydrogen-bond acceptors (Lipinski definition) is 4. The number of nitrogens with zero attached hydrogens (tertiary/aromatic N) is 1. The molecule has 1 aromatic carbocycles.